The summed E-state index contributed by atoms with van der Waals surface area (Å²) >= 11 is 1.36. The fraction of sp³-hybridized carbons (Fsp3) is 0.364. The molecule has 112 valence electrons. The van der Waals surface area contributed by atoms with Gasteiger partial charge in [0.05, 0.1) is 17.2 Å². The van der Waals surface area contributed by atoms with Crippen molar-refractivity contribution in [2.45, 2.75) is 19.9 Å². The van der Waals surface area contributed by atoms with Crippen LogP contribution in [0.15, 0.2) is 17.8 Å². The van der Waals surface area contributed by atoms with E-state index in [1.54, 1.807) is 0 Å². The molecule has 0 aromatic carbocycles. The molecule has 0 fully saturated rings. The lowest BCUT2D eigenvalue weighted by Gasteiger charge is -2.05. The highest BCUT2D eigenvalue weighted by atomic mass is 32.1. The number of nitrogens with zero attached hydrogens (tertiary/aromatic N) is 4. The summed E-state index contributed by atoms with van der Waals surface area (Å²) in [5.41, 5.74) is 0.855. The van der Waals surface area contributed by atoms with Crippen molar-refractivity contribution in [3.8, 4) is 0 Å². The molecule has 0 saturated carbocycles. The second kappa shape index (κ2) is 6.79. The molecule has 0 unspecified atom stereocenters. The first-order chi connectivity index (χ1) is 10.1. The number of hydrogen-bond donors (Lipinski definition) is 2. The highest BCUT2D eigenvalue weighted by molar-refractivity contribution is 7.13. The maximum absolute atomic E-state index is 11.6. The van der Waals surface area contributed by atoms with Gasteiger partial charge in [-0.1, -0.05) is 6.92 Å². The van der Waals surface area contributed by atoms with Crippen molar-refractivity contribution in [3.05, 3.63) is 33.6 Å². The molecule has 2 aromatic rings. The molecule has 0 saturated heterocycles. The number of nitro groups is 1. The standard InChI is InChI=1S/C11H14N6O3S/c1-2-8-7-21-11(14-8)15-10(18)12-3-4-16-6-9(5-13-16)17(19)20/h5-7H,2-4H2,1H3,(H2,12,14,15,18). The smallest absolute Gasteiger partial charge is 0.321 e. The molecule has 0 atom stereocenters. The number of nitrogens with one attached hydrogen (secondary N) is 2. The number of anilines is 1. The second-order valence-corrected chi connectivity index (χ2v) is 4.96. The van der Waals surface area contributed by atoms with Gasteiger partial charge in [0.1, 0.15) is 12.4 Å². The van der Waals surface area contributed by atoms with Gasteiger partial charge in [-0.3, -0.25) is 20.1 Å². The summed E-state index contributed by atoms with van der Waals surface area (Å²) in [5, 5.41) is 22.0. The van der Waals surface area contributed by atoms with E-state index < -0.39 is 4.92 Å². The van der Waals surface area contributed by atoms with Crippen LogP contribution in [0.2, 0.25) is 0 Å². The summed E-state index contributed by atoms with van der Waals surface area (Å²) in [4.78, 5) is 25.8. The summed E-state index contributed by atoms with van der Waals surface area (Å²) in [6.45, 7) is 2.64. The van der Waals surface area contributed by atoms with E-state index in [4.69, 9.17) is 0 Å². The molecule has 2 N–H and O–H groups in total. The molecular weight excluding hydrogens is 296 g/mol. The Hall–Kier alpha value is -2.49. The van der Waals surface area contributed by atoms with Crippen LogP contribution in [0.25, 0.3) is 0 Å². The van der Waals surface area contributed by atoms with Gasteiger partial charge in [-0.15, -0.1) is 11.3 Å². The summed E-state index contributed by atoms with van der Waals surface area (Å²) < 4.78 is 1.40. The molecule has 0 aliphatic heterocycles. The van der Waals surface area contributed by atoms with Crippen LogP contribution in [-0.2, 0) is 13.0 Å². The maximum atomic E-state index is 11.6. The van der Waals surface area contributed by atoms with Crippen molar-refractivity contribution in [2.75, 3.05) is 11.9 Å². The lowest BCUT2D eigenvalue weighted by atomic mass is 10.4. The third kappa shape index (κ3) is 4.24. The molecule has 2 aromatic heterocycles. The van der Waals surface area contributed by atoms with Crippen molar-refractivity contribution >= 4 is 28.2 Å². The van der Waals surface area contributed by atoms with Gasteiger partial charge >= 0.3 is 11.7 Å². The molecule has 0 spiro atoms. The van der Waals surface area contributed by atoms with Crippen molar-refractivity contribution in [1.82, 2.24) is 20.1 Å². The van der Waals surface area contributed by atoms with Gasteiger partial charge in [0.2, 0.25) is 0 Å². The van der Waals surface area contributed by atoms with Crippen LogP contribution >= 0.6 is 11.3 Å². The van der Waals surface area contributed by atoms with Crippen molar-refractivity contribution in [1.29, 1.82) is 0 Å². The van der Waals surface area contributed by atoms with Crippen molar-refractivity contribution in [2.24, 2.45) is 0 Å². The molecule has 0 aliphatic rings. The third-order valence-electron chi connectivity index (χ3n) is 2.59. The number of hydrogen-bond acceptors (Lipinski definition) is 6. The Bertz CT molecular complexity index is 637. The second-order valence-electron chi connectivity index (χ2n) is 4.10. The summed E-state index contributed by atoms with van der Waals surface area (Å²) in [5.74, 6) is 0. The molecule has 10 heteroatoms. The van der Waals surface area contributed by atoms with Gasteiger partial charge in [0.25, 0.3) is 0 Å². The van der Waals surface area contributed by atoms with E-state index in [1.165, 1.54) is 28.4 Å². The Morgan fingerprint density at radius 3 is 3.00 bits per heavy atom. The number of urea groups is 1. The average Bonchev–Trinajstić information content (AvgIpc) is 3.07. The molecule has 0 bridgehead atoms. The highest BCUT2D eigenvalue weighted by Crippen LogP contribution is 2.15. The van der Waals surface area contributed by atoms with Crippen LogP contribution in [-0.4, -0.2) is 32.3 Å². The monoisotopic (exact) mass is 310 g/mol. The number of amides is 2. The van der Waals surface area contributed by atoms with Crippen LogP contribution in [0.3, 0.4) is 0 Å². The number of carbonyl (C=O) groups excluding carboxylic acids is 1. The van der Waals surface area contributed by atoms with E-state index >= 15 is 0 Å². The molecule has 9 nitrogen and oxygen atoms in total. The summed E-state index contributed by atoms with van der Waals surface area (Å²) in [6.07, 6.45) is 3.30. The Labute approximate surface area is 124 Å². The van der Waals surface area contributed by atoms with Crippen molar-refractivity contribution in [3.63, 3.8) is 0 Å². The molecular formula is C11H14N6O3S. The Morgan fingerprint density at radius 1 is 1.57 bits per heavy atom. The summed E-state index contributed by atoms with van der Waals surface area (Å²) in [6, 6.07) is -0.367. The van der Waals surface area contributed by atoms with E-state index in [-0.39, 0.29) is 11.7 Å². The highest BCUT2D eigenvalue weighted by Gasteiger charge is 2.09. The third-order valence-corrected chi connectivity index (χ3v) is 3.40. The number of carbonyl (C=O) groups is 1. The normalized spacial score (nSPS) is 10.3. The minimum Gasteiger partial charge on any atom is -0.336 e. The molecule has 21 heavy (non-hydrogen) atoms. The molecule has 2 rings (SSSR count). The number of aromatic nitrogens is 3. The first-order valence-corrected chi connectivity index (χ1v) is 7.12. The number of rotatable bonds is 6. The minimum atomic E-state index is -0.516. The van der Waals surface area contributed by atoms with E-state index in [2.05, 4.69) is 20.7 Å². The van der Waals surface area contributed by atoms with Crippen LogP contribution in [0, 0.1) is 10.1 Å². The first kappa shape index (κ1) is 14.9. The van der Waals surface area contributed by atoms with Gasteiger partial charge in [0, 0.05) is 11.9 Å². The first-order valence-electron chi connectivity index (χ1n) is 6.24. The lowest BCUT2D eigenvalue weighted by Crippen LogP contribution is -2.31. The van der Waals surface area contributed by atoms with E-state index in [1.807, 2.05) is 12.3 Å². The van der Waals surface area contributed by atoms with E-state index in [9.17, 15) is 14.9 Å². The van der Waals surface area contributed by atoms with E-state index in [0.717, 1.165) is 12.1 Å². The largest absolute Gasteiger partial charge is 0.336 e. The van der Waals surface area contributed by atoms with Gasteiger partial charge in [-0.05, 0) is 6.42 Å². The Balaban J connectivity index is 1.74. The van der Waals surface area contributed by atoms with Gasteiger partial charge < -0.3 is 5.32 Å². The van der Waals surface area contributed by atoms with Crippen LogP contribution < -0.4 is 10.6 Å². The predicted octanol–water partition coefficient (Wildman–Crippen LogP) is 1.63. The predicted molar refractivity (Wildman–Crippen MR) is 77.4 cm³/mol. The number of thiazole rings is 1. The average molecular weight is 310 g/mol. The number of aryl methyl sites for hydroxylation is 1. The lowest BCUT2D eigenvalue weighted by molar-refractivity contribution is -0.385. The van der Waals surface area contributed by atoms with Crippen LogP contribution in [0.4, 0.5) is 15.6 Å². The van der Waals surface area contributed by atoms with Crippen molar-refractivity contribution < 1.29 is 9.72 Å². The maximum Gasteiger partial charge on any atom is 0.321 e. The Kier molecular flexibility index (Phi) is 4.82. The molecule has 2 heterocycles. The Morgan fingerprint density at radius 2 is 2.38 bits per heavy atom. The fourth-order valence-corrected chi connectivity index (χ4v) is 2.31. The van der Waals surface area contributed by atoms with Crippen LogP contribution in [0.5, 0.6) is 0 Å². The zero-order chi connectivity index (χ0) is 15.2. The van der Waals surface area contributed by atoms with Crippen LogP contribution in [0.1, 0.15) is 12.6 Å². The summed E-state index contributed by atoms with van der Waals surface area (Å²) in [7, 11) is 0. The molecule has 0 aliphatic carbocycles. The quantitative estimate of drug-likeness (QED) is 0.621. The van der Waals surface area contributed by atoms with Gasteiger partial charge in [-0.2, -0.15) is 5.10 Å². The zero-order valence-corrected chi connectivity index (χ0v) is 12.1. The zero-order valence-electron chi connectivity index (χ0n) is 11.3. The van der Waals surface area contributed by atoms with Gasteiger partial charge in [0.15, 0.2) is 5.13 Å². The molecule has 2 amide bonds. The van der Waals surface area contributed by atoms with E-state index in [0.29, 0.717) is 18.2 Å². The topological polar surface area (TPSA) is 115 Å². The van der Waals surface area contributed by atoms with Gasteiger partial charge in [-0.25, -0.2) is 9.78 Å². The fourth-order valence-electron chi connectivity index (χ4n) is 1.52. The minimum absolute atomic E-state index is 0.0747. The SMILES string of the molecule is CCc1csc(NC(=O)NCCn2cc([N+](=O)[O-])cn2)n1. The molecule has 0 radical (unpaired) electrons.